The van der Waals surface area contributed by atoms with Gasteiger partial charge < -0.3 is 15.4 Å². The fourth-order valence-electron chi connectivity index (χ4n) is 3.58. The first-order valence-corrected chi connectivity index (χ1v) is 9.36. The highest BCUT2D eigenvalue weighted by Crippen LogP contribution is 2.40. The van der Waals surface area contributed by atoms with Crippen molar-refractivity contribution in [2.75, 3.05) is 5.32 Å². The molecule has 2 heterocycles. The number of fused-ring (bicyclic) bond motifs is 1. The summed E-state index contributed by atoms with van der Waals surface area (Å²) in [5.41, 5.74) is 5.29. The molecule has 0 atom stereocenters. The molecule has 5 nitrogen and oxygen atoms in total. The van der Waals surface area contributed by atoms with E-state index < -0.39 is 5.97 Å². The number of aromatic amines is 1. The number of carboxylic acid groups (broad SMARTS) is 1. The Morgan fingerprint density at radius 1 is 1.11 bits per heavy atom. The second-order valence-electron chi connectivity index (χ2n) is 7.20. The maximum absolute atomic E-state index is 11.7. The molecule has 1 saturated carbocycles. The summed E-state index contributed by atoms with van der Waals surface area (Å²) in [6.45, 7) is 0. The number of H-pyrrole nitrogens is 1. The SMILES string of the molecule is O=C(O)c1cc(C2CC2)cnc1Nc1ccc2c(-c3ccccc3)c[nH]c2c1. The molecule has 0 unspecified atom stereocenters. The predicted molar refractivity (Wildman–Crippen MR) is 110 cm³/mol. The van der Waals surface area contributed by atoms with Crippen LogP contribution in [0.2, 0.25) is 0 Å². The van der Waals surface area contributed by atoms with Gasteiger partial charge >= 0.3 is 5.97 Å². The maximum atomic E-state index is 11.7. The van der Waals surface area contributed by atoms with Crippen molar-refractivity contribution >= 4 is 28.4 Å². The first-order valence-electron chi connectivity index (χ1n) is 9.36. The predicted octanol–water partition coefficient (Wildman–Crippen LogP) is 5.55. The summed E-state index contributed by atoms with van der Waals surface area (Å²) in [6, 6.07) is 17.9. The van der Waals surface area contributed by atoms with Crippen LogP contribution in [-0.2, 0) is 0 Å². The van der Waals surface area contributed by atoms with Crippen LogP contribution in [0.5, 0.6) is 0 Å². The average molecular weight is 369 g/mol. The molecule has 1 fully saturated rings. The Labute approximate surface area is 162 Å². The zero-order valence-corrected chi connectivity index (χ0v) is 15.1. The number of pyridine rings is 1. The van der Waals surface area contributed by atoms with E-state index in [0.29, 0.717) is 11.7 Å². The fraction of sp³-hybridized carbons (Fsp3) is 0.130. The minimum Gasteiger partial charge on any atom is -0.478 e. The Bertz CT molecular complexity index is 1180. The lowest BCUT2D eigenvalue weighted by atomic mass is 10.0. The monoisotopic (exact) mass is 369 g/mol. The van der Waals surface area contributed by atoms with Crippen LogP contribution >= 0.6 is 0 Å². The fourth-order valence-corrected chi connectivity index (χ4v) is 3.58. The summed E-state index contributed by atoms with van der Waals surface area (Å²) < 4.78 is 0. The summed E-state index contributed by atoms with van der Waals surface area (Å²) >= 11 is 0. The van der Waals surface area contributed by atoms with Crippen LogP contribution in [0.25, 0.3) is 22.0 Å². The quantitative estimate of drug-likeness (QED) is 0.431. The van der Waals surface area contributed by atoms with Gasteiger partial charge in [-0.25, -0.2) is 9.78 Å². The standard InChI is InChI=1S/C23H19N3O2/c27-23(28)19-10-16(14-6-7-14)12-25-22(19)26-17-8-9-18-20(13-24-21(18)11-17)15-4-2-1-3-5-15/h1-5,8-14,24H,6-7H2,(H,25,26)(H,27,28). The molecule has 1 aliphatic rings. The molecule has 0 radical (unpaired) electrons. The van der Waals surface area contributed by atoms with Gasteiger partial charge in [0.15, 0.2) is 0 Å². The summed E-state index contributed by atoms with van der Waals surface area (Å²) in [5.74, 6) is -0.137. The molecule has 0 bridgehead atoms. The third-order valence-corrected chi connectivity index (χ3v) is 5.22. The van der Waals surface area contributed by atoms with Crippen LogP contribution in [-0.4, -0.2) is 21.0 Å². The molecule has 0 spiro atoms. The van der Waals surface area contributed by atoms with E-state index in [-0.39, 0.29) is 5.56 Å². The van der Waals surface area contributed by atoms with Crippen molar-refractivity contribution < 1.29 is 9.90 Å². The number of carbonyl (C=O) groups is 1. The van der Waals surface area contributed by atoms with Gasteiger partial charge in [-0.1, -0.05) is 36.4 Å². The summed E-state index contributed by atoms with van der Waals surface area (Å²) in [5, 5.41) is 13.9. The highest BCUT2D eigenvalue weighted by atomic mass is 16.4. The van der Waals surface area contributed by atoms with Crippen molar-refractivity contribution in [3.05, 3.63) is 78.1 Å². The molecular formula is C23H19N3O2. The van der Waals surface area contributed by atoms with Crippen molar-refractivity contribution in [3.8, 4) is 11.1 Å². The van der Waals surface area contributed by atoms with Gasteiger partial charge in [0.2, 0.25) is 0 Å². The highest BCUT2D eigenvalue weighted by Gasteiger charge is 2.26. The molecular weight excluding hydrogens is 350 g/mol. The number of nitrogens with one attached hydrogen (secondary N) is 2. The molecule has 3 N–H and O–H groups in total. The number of aromatic nitrogens is 2. The third-order valence-electron chi connectivity index (χ3n) is 5.22. The number of carboxylic acids is 1. The van der Waals surface area contributed by atoms with E-state index in [1.807, 2.05) is 42.6 Å². The van der Waals surface area contributed by atoms with Crippen LogP contribution in [0.15, 0.2) is 67.0 Å². The molecule has 2 aromatic heterocycles. The van der Waals surface area contributed by atoms with E-state index in [1.54, 1.807) is 12.3 Å². The Kier molecular flexibility index (Phi) is 3.86. The van der Waals surface area contributed by atoms with Crippen molar-refractivity contribution in [1.82, 2.24) is 9.97 Å². The van der Waals surface area contributed by atoms with E-state index in [1.165, 1.54) is 0 Å². The van der Waals surface area contributed by atoms with Gasteiger partial charge in [-0.05, 0) is 48.1 Å². The highest BCUT2D eigenvalue weighted by molar-refractivity contribution is 5.98. The van der Waals surface area contributed by atoms with E-state index in [0.717, 1.165) is 46.1 Å². The van der Waals surface area contributed by atoms with Gasteiger partial charge in [-0.3, -0.25) is 0 Å². The number of hydrogen-bond acceptors (Lipinski definition) is 3. The van der Waals surface area contributed by atoms with Gasteiger partial charge in [-0.2, -0.15) is 0 Å². The van der Waals surface area contributed by atoms with Crippen molar-refractivity contribution in [3.63, 3.8) is 0 Å². The number of benzene rings is 2. The van der Waals surface area contributed by atoms with Crippen molar-refractivity contribution in [2.45, 2.75) is 18.8 Å². The van der Waals surface area contributed by atoms with Gasteiger partial charge in [0.05, 0.1) is 0 Å². The Hall–Kier alpha value is -3.60. The van der Waals surface area contributed by atoms with E-state index in [4.69, 9.17) is 0 Å². The van der Waals surface area contributed by atoms with E-state index >= 15 is 0 Å². The first-order chi connectivity index (χ1) is 13.7. The zero-order chi connectivity index (χ0) is 19.1. The molecule has 5 heteroatoms. The van der Waals surface area contributed by atoms with Crippen LogP contribution in [0.3, 0.4) is 0 Å². The molecule has 0 aliphatic heterocycles. The van der Waals surface area contributed by atoms with E-state index in [9.17, 15) is 9.90 Å². The molecule has 138 valence electrons. The average Bonchev–Trinajstić information content (AvgIpc) is 3.48. The summed E-state index contributed by atoms with van der Waals surface area (Å²) in [6.07, 6.45) is 6.00. The Morgan fingerprint density at radius 3 is 2.68 bits per heavy atom. The number of aromatic carboxylic acids is 1. The lowest BCUT2D eigenvalue weighted by molar-refractivity contribution is 0.0697. The van der Waals surface area contributed by atoms with Gasteiger partial charge in [0, 0.05) is 34.5 Å². The Balaban J connectivity index is 1.48. The van der Waals surface area contributed by atoms with Crippen LogP contribution < -0.4 is 5.32 Å². The molecule has 2 aromatic carbocycles. The first kappa shape index (κ1) is 16.6. The second-order valence-corrected chi connectivity index (χ2v) is 7.20. The Morgan fingerprint density at radius 2 is 1.93 bits per heavy atom. The summed E-state index contributed by atoms with van der Waals surface area (Å²) in [7, 11) is 0. The molecule has 5 rings (SSSR count). The summed E-state index contributed by atoms with van der Waals surface area (Å²) in [4.78, 5) is 19.4. The van der Waals surface area contributed by atoms with Crippen molar-refractivity contribution in [1.29, 1.82) is 0 Å². The van der Waals surface area contributed by atoms with Crippen LogP contribution in [0, 0.1) is 0 Å². The van der Waals surface area contributed by atoms with Crippen molar-refractivity contribution in [2.24, 2.45) is 0 Å². The van der Waals surface area contributed by atoms with Gasteiger partial charge in [0.1, 0.15) is 11.4 Å². The minimum atomic E-state index is -0.968. The topological polar surface area (TPSA) is 78.0 Å². The molecule has 28 heavy (non-hydrogen) atoms. The molecule has 0 saturated heterocycles. The van der Waals surface area contributed by atoms with Crippen LogP contribution in [0.4, 0.5) is 11.5 Å². The smallest absolute Gasteiger partial charge is 0.339 e. The maximum Gasteiger partial charge on any atom is 0.339 e. The lowest BCUT2D eigenvalue weighted by Gasteiger charge is -2.10. The number of nitrogens with zero attached hydrogens (tertiary/aromatic N) is 1. The molecule has 1 aliphatic carbocycles. The molecule has 4 aromatic rings. The van der Waals surface area contributed by atoms with Gasteiger partial charge in [0.25, 0.3) is 0 Å². The van der Waals surface area contributed by atoms with Gasteiger partial charge in [-0.15, -0.1) is 0 Å². The largest absolute Gasteiger partial charge is 0.478 e. The minimum absolute atomic E-state index is 0.209. The molecule has 0 amide bonds. The lowest BCUT2D eigenvalue weighted by Crippen LogP contribution is -2.06. The normalized spacial score (nSPS) is 13.6. The second kappa shape index (κ2) is 6.53. The third kappa shape index (κ3) is 3.01. The number of rotatable bonds is 5. The van der Waals surface area contributed by atoms with Crippen LogP contribution in [0.1, 0.15) is 34.7 Å². The number of anilines is 2. The van der Waals surface area contributed by atoms with E-state index in [2.05, 4.69) is 27.4 Å². The zero-order valence-electron chi connectivity index (χ0n) is 15.1. The number of hydrogen-bond donors (Lipinski definition) is 3.